The molecule has 0 aromatic heterocycles. The van der Waals surface area contributed by atoms with Gasteiger partial charge in [0.1, 0.15) is 11.5 Å². The molecule has 1 heterocycles. The summed E-state index contributed by atoms with van der Waals surface area (Å²) < 4.78 is 5.75. The third-order valence-electron chi connectivity index (χ3n) is 3.94. The molecule has 3 rings (SSSR count). The molecule has 0 aliphatic carbocycles. The second-order valence-electron chi connectivity index (χ2n) is 5.58. The van der Waals surface area contributed by atoms with E-state index in [0.29, 0.717) is 36.6 Å². The molecule has 0 bridgehead atoms. The van der Waals surface area contributed by atoms with Crippen LogP contribution in [0.25, 0.3) is 0 Å². The van der Waals surface area contributed by atoms with Crippen LogP contribution < -0.4 is 10.5 Å². The molecule has 1 aliphatic heterocycles. The number of likely N-dealkylation sites (tertiary alicyclic amines) is 1. The Kier molecular flexibility index (Phi) is 4.28. The largest absolute Gasteiger partial charge is 0.457 e. The van der Waals surface area contributed by atoms with Gasteiger partial charge in [-0.15, -0.1) is 0 Å². The number of nitrogens with two attached hydrogens (primary N) is 1. The topological polar surface area (TPSA) is 72.6 Å². The van der Waals surface area contributed by atoms with Crippen molar-refractivity contribution >= 4 is 11.8 Å². The highest BCUT2D eigenvalue weighted by atomic mass is 16.5. The fraction of sp³-hybridized carbons (Fsp3) is 0.222. The van der Waals surface area contributed by atoms with Gasteiger partial charge in [0.25, 0.3) is 5.91 Å². The second-order valence-corrected chi connectivity index (χ2v) is 5.58. The number of benzene rings is 2. The Bertz CT molecular complexity index is 715. The molecule has 2 amide bonds. The lowest BCUT2D eigenvalue weighted by atomic mass is 10.1. The summed E-state index contributed by atoms with van der Waals surface area (Å²) in [5, 5.41) is 0. The van der Waals surface area contributed by atoms with Gasteiger partial charge in [-0.05, 0) is 36.8 Å². The van der Waals surface area contributed by atoms with Crippen molar-refractivity contribution in [1.29, 1.82) is 0 Å². The van der Waals surface area contributed by atoms with Crippen molar-refractivity contribution in [2.75, 3.05) is 13.1 Å². The van der Waals surface area contributed by atoms with E-state index in [-0.39, 0.29) is 17.7 Å². The second kappa shape index (κ2) is 6.52. The fourth-order valence-electron chi connectivity index (χ4n) is 2.68. The molecule has 2 N–H and O–H groups in total. The summed E-state index contributed by atoms with van der Waals surface area (Å²) in [5.74, 6) is 0.621. The molecule has 1 atom stereocenters. The minimum atomic E-state index is -0.346. The molecule has 5 nitrogen and oxygen atoms in total. The molecule has 1 unspecified atom stereocenters. The van der Waals surface area contributed by atoms with Crippen LogP contribution in [0.5, 0.6) is 11.5 Å². The predicted octanol–water partition coefficient (Wildman–Crippen LogP) is 2.43. The minimum Gasteiger partial charge on any atom is -0.457 e. The lowest BCUT2D eigenvalue weighted by molar-refractivity contribution is -0.121. The van der Waals surface area contributed by atoms with E-state index in [9.17, 15) is 9.59 Å². The molecular weight excluding hydrogens is 292 g/mol. The zero-order valence-corrected chi connectivity index (χ0v) is 12.6. The smallest absolute Gasteiger partial charge is 0.254 e. The van der Waals surface area contributed by atoms with Crippen LogP contribution in [0.1, 0.15) is 16.8 Å². The third-order valence-corrected chi connectivity index (χ3v) is 3.94. The average Bonchev–Trinajstić information content (AvgIpc) is 3.06. The maximum Gasteiger partial charge on any atom is 0.254 e. The number of primary amides is 1. The molecule has 0 spiro atoms. The van der Waals surface area contributed by atoms with Crippen LogP contribution in [-0.2, 0) is 4.79 Å². The summed E-state index contributed by atoms with van der Waals surface area (Å²) in [6.45, 7) is 0.939. The van der Waals surface area contributed by atoms with Crippen molar-refractivity contribution in [3.63, 3.8) is 0 Å². The highest BCUT2D eigenvalue weighted by Gasteiger charge is 2.30. The lowest BCUT2D eigenvalue weighted by Gasteiger charge is -2.16. The number of nitrogens with zero attached hydrogens (tertiary/aromatic N) is 1. The quantitative estimate of drug-likeness (QED) is 0.942. The number of hydrogen-bond donors (Lipinski definition) is 1. The van der Waals surface area contributed by atoms with Gasteiger partial charge in [-0.25, -0.2) is 0 Å². The van der Waals surface area contributed by atoms with E-state index in [0.717, 1.165) is 0 Å². The molecule has 5 heteroatoms. The van der Waals surface area contributed by atoms with Crippen LogP contribution in [0.3, 0.4) is 0 Å². The van der Waals surface area contributed by atoms with Gasteiger partial charge in [0.05, 0.1) is 5.92 Å². The number of rotatable bonds is 4. The Balaban J connectivity index is 1.72. The molecule has 1 saturated heterocycles. The number of amides is 2. The number of carbonyl (C=O) groups excluding carboxylic acids is 2. The van der Waals surface area contributed by atoms with Gasteiger partial charge in [-0.2, -0.15) is 0 Å². The van der Waals surface area contributed by atoms with E-state index in [1.54, 1.807) is 29.2 Å². The van der Waals surface area contributed by atoms with E-state index >= 15 is 0 Å². The van der Waals surface area contributed by atoms with Crippen LogP contribution in [0, 0.1) is 5.92 Å². The van der Waals surface area contributed by atoms with E-state index in [1.807, 2.05) is 30.3 Å². The van der Waals surface area contributed by atoms with Crippen LogP contribution >= 0.6 is 0 Å². The van der Waals surface area contributed by atoms with Gasteiger partial charge in [-0.3, -0.25) is 9.59 Å². The SMILES string of the molecule is NC(=O)C1CCN(C(=O)c2cccc(Oc3ccccc3)c2)C1. The molecule has 23 heavy (non-hydrogen) atoms. The predicted molar refractivity (Wildman–Crippen MR) is 86.2 cm³/mol. The van der Waals surface area contributed by atoms with Gasteiger partial charge in [0.2, 0.25) is 5.91 Å². The van der Waals surface area contributed by atoms with E-state index < -0.39 is 0 Å². The van der Waals surface area contributed by atoms with Gasteiger partial charge in [-0.1, -0.05) is 24.3 Å². The van der Waals surface area contributed by atoms with Gasteiger partial charge in [0.15, 0.2) is 0 Å². The Morgan fingerprint density at radius 1 is 1.04 bits per heavy atom. The number of hydrogen-bond acceptors (Lipinski definition) is 3. The van der Waals surface area contributed by atoms with Crippen molar-refractivity contribution in [2.45, 2.75) is 6.42 Å². The maximum atomic E-state index is 12.5. The van der Waals surface area contributed by atoms with Crippen molar-refractivity contribution < 1.29 is 14.3 Å². The Morgan fingerprint density at radius 2 is 1.78 bits per heavy atom. The molecule has 0 saturated carbocycles. The molecule has 1 aliphatic rings. The van der Waals surface area contributed by atoms with E-state index in [1.165, 1.54) is 0 Å². The zero-order valence-electron chi connectivity index (χ0n) is 12.6. The summed E-state index contributed by atoms with van der Waals surface area (Å²) in [5.41, 5.74) is 5.86. The first-order chi connectivity index (χ1) is 11.1. The van der Waals surface area contributed by atoms with E-state index in [2.05, 4.69) is 0 Å². The average molecular weight is 310 g/mol. The Morgan fingerprint density at radius 3 is 2.48 bits per heavy atom. The third kappa shape index (κ3) is 3.51. The maximum absolute atomic E-state index is 12.5. The molecule has 0 radical (unpaired) electrons. The van der Waals surface area contributed by atoms with Crippen molar-refractivity contribution in [3.8, 4) is 11.5 Å². The van der Waals surface area contributed by atoms with Crippen LogP contribution in [0.2, 0.25) is 0 Å². The first-order valence-corrected chi connectivity index (χ1v) is 7.55. The molecule has 2 aromatic carbocycles. The highest BCUT2D eigenvalue weighted by molar-refractivity contribution is 5.95. The normalized spacial score (nSPS) is 17.0. The lowest BCUT2D eigenvalue weighted by Crippen LogP contribution is -2.31. The highest BCUT2D eigenvalue weighted by Crippen LogP contribution is 2.24. The zero-order chi connectivity index (χ0) is 16.2. The van der Waals surface area contributed by atoms with Crippen LogP contribution in [0.15, 0.2) is 54.6 Å². The first-order valence-electron chi connectivity index (χ1n) is 7.55. The van der Waals surface area contributed by atoms with Crippen LogP contribution in [0.4, 0.5) is 0 Å². The van der Waals surface area contributed by atoms with Crippen LogP contribution in [-0.4, -0.2) is 29.8 Å². The van der Waals surface area contributed by atoms with Gasteiger partial charge < -0.3 is 15.4 Å². The Hall–Kier alpha value is -2.82. The summed E-state index contributed by atoms with van der Waals surface area (Å²) in [4.78, 5) is 25.4. The number of ether oxygens (including phenoxy) is 1. The fourth-order valence-corrected chi connectivity index (χ4v) is 2.68. The standard InChI is InChI=1S/C18H18N2O3/c19-17(21)14-9-10-20(12-14)18(22)13-5-4-8-16(11-13)23-15-6-2-1-3-7-15/h1-8,11,14H,9-10,12H2,(H2,19,21). The molecule has 2 aromatic rings. The van der Waals surface area contributed by atoms with E-state index in [4.69, 9.17) is 10.5 Å². The summed E-state index contributed by atoms with van der Waals surface area (Å²) in [6.07, 6.45) is 0.626. The minimum absolute atomic E-state index is 0.104. The molecule has 1 fully saturated rings. The van der Waals surface area contributed by atoms with Crippen molar-refractivity contribution in [3.05, 3.63) is 60.2 Å². The van der Waals surface area contributed by atoms with Crippen molar-refractivity contribution in [2.24, 2.45) is 11.7 Å². The molecule has 118 valence electrons. The summed E-state index contributed by atoms with van der Waals surface area (Å²) in [6, 6.07) is 16.4. The van der Waals surface area contributed by atoms with Crippen molar-refractivity contribution in [1.82, 2.24) is 4.90 Å². The monoisotopic (exact) mass is 310 g/mol. The van der Waals surface area contributed by atoms with Gasteiger partial charge >= 0.3 is 0 Å². The summed E-state index contributed by atoms with van der Waals surface area (Å²) >= 11 is 0. The molecular formula is C18H18N2O3. The Labute approximate surface area is 134 Å². The summed E-state index contributed by atoms with van der Waals surface area (Å²) in [7, 11) is 0. The number of para-hydroxylation sites is 1. The number of carbonyl (C=O) groups is 2. The first kappa shape index (κ1) is 15.1. The van der Waals surface area contributed by atoms with Gasteiger partial charge in [0, 0.05) is 18.7 Å².